The maximum absolute atomic E-state index is 12.3. The van der Waals surface area contributed by atoms with Gasteiger partial charge in [0.2, 0.25) is 0 Å². The zero-order valence-corrected chi connectivity index (χ0v) is 16.9. The fraction of sp³-hybridized carbons (Fsp3) is 0.522. The predicted octanol–water partition coefficient (Wildman–Crippen LogP) is 5.21. The van der Waals surface area contributed by atoms with Crippen molar-refractivity contribution in [3.63, 3.8) is 0 Å². The molecule has 2 rings (SSSR count). The molecule has 0 bridgehead atoms. The first kappa shape index (κ1) is 20.3. The topological polar surface area (TPSA) is 35.5 Å². The van der Waals surface area contributed by atoms with Crippen LogP contribution in [0.4, 0.5) is 0 Å². The number of hydrogen-bond donors (Lipinski definition) is 0. The van der Waals surface area contributed by atoms with Crippen LogP contribution in [-0.2, 0) is 16.0 Å². The highest BCUT2D eigenvalue weighted by atomic mass is 16.5. The molecule has 0 aliphatic heterocycles. The van der Waals surface area contributed by atoms with Crippen molar-refractivity contribution in [2.75, 3.05) is 13.7 Å². The highest BCUT2D eigenvalue weighted by molar-refractivity contribution is 5.72. The number of ether oxygens (including phenoxy) is 2. The fourth-order valence-electron chi connectivity index (χ4n) is 3.68. The molecule has 26 heavy (non-hydrogen) atoms. The second kappa shape index (κ2) is 9.07. The summed E-state index contributed by atoms with van der Waals surface area (Å²) in [5, 5.41) is 0. The van der Waals surface area contributed by atoms with Gasteiger partial charge in [-0.2, -0.15) is 0 Å². The molecule has 0 saturated carbocycles. The summed E-state index contributed by atoms with van der Waals surface area (Å²) in [6.45, 7) is 11.5. The van der Waals surface area contributed by atoms with Gasteiger partial charge in [0, 0.05) is 11.8 Å². The third kappa shape index (κ3) is 5.23. The number of esters is 1. The first-order valence-electron chi connectivity index (χ1n) is 9.43. The second-order valence-electron chi connectivity index (χ2n) is 7.75. The maximum Gasteiger partial charge on any atom is 0.310 e. The molecule has 0 aromatic heterocycles. The molecule has 0 spiro atoms. The Kier molecular flexibility index (Phi) is 7.07. The van der Waals surface area contributed by atoms with Gasteiger partial charge in [-0.1, -0.05) is 49.3 Å². The average molecular weight is 357 g/mol. The third-order valence-corrected chi connectivity index (χ3v) is 5.60. The van der Waals surface area contributed by atoms with E-state index in [9.17, 15) is 4.79 Å². The van der Waals surface area contributed by atoms with Gasteiger partial charge in [-0.15, -0.1) is 0 Å². The van der Waals surface area contributed by atoms with Crippen LogP contribution in [0.25, 0.3) is 0 Å². The van der Waals surface area contributed by atoms with E-state index >= 15 is 0 Å². The van der Waals surface area contributed by atoms with Gasteiger partial charge in [0.15, 0.2) is 0 Å². The van der Waals surface area contributed by atoms with Crippen LogP contribution in [-0.4, -0.2) is 19.7 Å². The summed E-state index contributed by atoms with van der Waals surface area (Å²) < 4.78 is 10.8. The normalized spacial score (nSPS) is 25.2. The Morgan fingerprint density at radius 1 is 1.15 bits per heavy atom. The van der Waals surface area contributed by atoms with Crippen molar-refractivity contribution in [2.45, 2.75) is 41.0 Å². The molecule has 0 amide bonds. The zero-order chi connectivity index (χ0) is 19.3. The van der Waals surface area contributed by atoms with E-state index < -0.39 is 0 Å². The smallest absolute Gasteiger partial charge is 0.310 e. The second-order valence-corrected chi connectivity index (χ2v) is 7.75. The standard InChI is InChI=1S/C23H32O3/c1-15(2)11-20-12-16(3)17(4)18(5)22(20)14-26-23(24)13-19-7-9-21(25-6)10-8-19/h7-12,17-18,20,22H,13-14H2,1-6H3. The van der Waals surface area contributed by atoms with Gasteiger partial charge in [0.25, 0.3) is 0 Å². The molecule has 0 N–H and O–H groups in total. The zero-order valence-electron chi connectivity index (χ0n) is 16.9. The first-order valence-corrected chi connectivity index (χ1v) is 9.43. The summed E-state index contributed by atoms with van der Waals surface area (Å²) in [5.41, 5.74) is 3.67. The van der Waals surface area contributed by atoms with Crippen LogP contribution in [0.1, 0.15) is 40.2 Å². The van der Waals surface area contributed by atoms with Crippen molar-refractivity contribution in [2.24, 2.45) is 23.7 Å². The number of hydrogen-bond acceptors (Lipinski definition) is 3. The lowest BCUT2D eigenvalue weighted by atomic mass is 9.69. The highest BCUT2D eigenvalue weighted by Gasteiger charge is 2.33. The summed E-state index contributed by atoms with van der Waals surface area (Å²) >= 11 is 0. The Bertz CT molecular complexity index is 665. The Hall–Kier alpha value is -2.03. The first-order chi connectivity index (χ1) is 12.3. The van der Waals surface area contributed by atoms with Crippen LogP contribution < -0.4 is 4.74 Å². The molecule has 1 aliphatic rings. The predicted molar refractivity (Wildman–Crippen MR) is 106 cm³/mol. The van der Waals surface area contributed by atoms with Crippen molar-refractivity contribution in [3.8, 4) is 5.75 Å². The number of allylic oxidation sites excluding steroid dienone is 4. The van der Waals surface area contributed by atoms with E-state index in [2.05, 4.69) is 46.8 Å². The summed E-state index contributed by atoms with van der Waals surface area (Å²) in [5.74, 6) is 2.27. The van der Waals surface area contributed by atoms with Crippen LogP contribution in [0.5, 0.6) is 5.75 Å². The largest absolute Gasteiger partial charge is 0.497 e. The number of carbonyl (C=O) groups is 1. The average Bonchev–Trinajstić information content (AvgIpc) is 2.59. The molecule has 1 aromatic rings. The summed E-state index contributed by atoms with van der Waals surface area (Å²) in [7, 11) is 1.63. The molecule has 0 fully saturated rings. The monoisotopic (exact) mass is 356 g/mol. The van der Waals surface area contributed by atoms with Gasteiger partial charge in [-0.05, 0) is 50.3 Å². The van der Waals surface area contributed by atoms with E-state index in [1.165, 1.54) is 11.1 Å². The Labute approximate surface area is 158 Å². The molecule has 0 saturated heterocycles. The molecule has 0 radical (unpaired) electrons. The van der Waals surface area contributed by atoms with Crippen molar-refractivity contribution in [3.05, 3.63) is 53.1 Å². The molecule has 1 aromatic carbocycles. The molecule has 142 valence electrons. The summed E-state index contributed by atoms with van der Waals surface area (Å²) in [4.78, 5) is 12.3. The minimum Gasteiger partial charge on any atom is -0.497 e. The van der Waals surface area contributed by atoms with E-state index in [1.807, 2.05) is 24.3 Å². The molecule has 0 heterocycles. The van der Waals surface area contributed by atoms with Gasteiger partial charge in [-0.3, -0.25) is 4.79 Å². The van der Waals surface area contributed by atoms with E-state index in [1.54, 1.807) is 7.11 Å². The van der Waals surface area contributed by atoms with E-state index in [0.29, 0.717) is 36.7 Å². The Morgan fingerprint density at radius 2 is 1.81 bits per heavy atom. The van der Waals surface area contributed by atoms with Crippen LogP contribution in [0.2, 0.25) is 0 Å². The molecular formula is C23H32O3. The fourth-order valence-corrected chi connectivity index (χ4v) is 3.68. The van der Waals surface area contributed by atoms with E-state index in [0.717, 1.165) is 11.3 Å². The van der Waals surface area contributed by atoms with Crippen molar-refractivity contribution < 1.29 is 14.3 Å². The van der Waals surface area contributed by atoms with Gasteiger partial charge < -0.3 is 9.47 Å². The van der Waals surface area contributed by atoms with E-state index in [4.69, 9.17) is 9.47 Å². The summed E-state index contributed by atoms with van der Waals surface area (Å²) in [6, 6.07) is 7.55. The lowest BCUT2D eigenvalue weighted by Crippen LogP contribution is -2.34. The maximum atomic E-state index is 12.3. The van der Waals surface area contributed by atoms with Crippen molar-refractivity contribution >= 4 is 5.97 Å². The van der Waals surface area contributed by atoms with Crippen LogP contribution in [0, 0.1) is 23.7 Å². The number of carbonyl (C=O) groups excluding carboxylic acids is 1. The number of methoxy groups -OCH3 is 1. The lowest BCUT2D eigenvalue weighted by molar-refractivity contribution is -0.145. The molecule has 3 nitrogen and oxygen atoms in total. The highest BCUT2D eigenvalue weighted by Crippen LogP contribution is 2.39. The molecular weight excluding hydrogens is 324 g/mol. The quantitative estimate of drug-likeness (QED) is 0.518. The van der Waals surface area contributed by atoms with Gasteiger partial charge in [0.05, 0.1) is 20.1 Å². The van der Waals surface area contributed by atoms with Crippen LogP contribution in [0.15, 0.2) is 47.6 Å². The molecule has 1 aliphatic carbocycles. The van der Waals surface area contributed by atoms with Crippen molar-refractivity contribution in [1.29, 1.82) is 0 Å². The lowest BCUT2D eigenvalue weighted by Gasteiger charge is -2.37. The molecule has 4 atom stereocenters. The number of rotatable bonds is 6. The minimum absolute atomic E-state index is 0.169. The summed E-state index contributed by atoms with van der Waals surface area (Å²) in [6.07, 6.45) is 4.94. The minimum atomic E-state index is -0.169. The van der Waals surface area contributed by atoms with Gasteiger partial charge >= 0.3 is 5.97 Å². The Balaban J connectivity index is 2.00. The van der Waals surface area contributed by atoms with Crippen LogP contribution in [0.3, 0.4) is 0 Å². The Morgan fingerprint density at radius 3 is 2.38 bits per heavy atom. The third-order valence-electron chi connectivity index (χ3n) is 5.60. The molecule has 3 heteroatoms. The van der Waals surface area contributed by atoms with E-state index in [-0.39, 0.29) is 5.97 Å². The van der Waals surface area contributed by atoms with Gasteiger partial charge in [-0.25, -0.2) is 0 Å². The number of benzene rings is 1. The van der Waals surface area contributed by atoms with Gasteiger partial charge in [0.1, 0.15) is 5.75 Å². The van der Waals surface area contributed by atoms with Crippen molar-refractivity contribution in [1.82, 2.24) is 0 Å². The SMILES string of the molecule is COc1ccc(CC(=O)OCC2C(C=C(C)C)C=C(C)C(C)C2C)cc1. The molecule has 4 unspecified atom stereocenters. The van der Waals surface area contributed by atoms with Crippen LogP contribution >= 0.6 is 0 Å².